The number of Topliss-reactive ketones (excluding diaryl/α,β-unsaturated/α-hetero) is 1. The Bertz CT molecular complexity index is 455. The summed E-state index contributed by atoms with van der Waals surface area (Å²) in [4.78, 5) is 12.2. The highest BCUT2D eigenvalue weighted by Crippen LogP contribution is 2.49. The van der Waals surface area contributed by atoms with Gasteiger partial charge in [0.25, 0.3) is 0 Å². The minimum absolute atomic E-state index is 0.136. The summed E-state index contributed by atoms with van der Waals surface area (Å²) >= 11 is 12.3. The molecule has 6 heteroatoms. The Balaban J connectivity index is 3.63. The van der Waals surface area contributed by atoms with E-state index in [4.69, 9.17) is 37.4 Å². The zero-order valence-corrected chi connectivity index (χ0v) is 12.8. The van der Waals surface area contributed by atoms with E-state index >= 15 is 0 Å². The van der Waals surface area contributed by atoms with Crippen molar-refractivity contribution < 1.29 is 19.0 Å². The molecule has 106 valence electrons. The molecule has 0 atom stereocenters. The molecule has 1 aromatic rings. The summed E-state index contributed by atoms with van der Waals surface area (Å²) < 4.78 is 15.5. The van der Waals surface area contributed by atoms with E-state index in [1.54, 1.807) is 0 Å². The van der Waals surface area contributed by atoms with Crippen molar-refractivity contribution in [3.63, 3.8) is 0 Å². The first-order chi connectivity index (χ1) is 9.03. The van der Waals surface area contributed by atoms with Crippen LogP contribution in [0.1, 0.15) is 30.1 Å². The normalized spacial score (nSPS) is 10.2. The van der Waals surface area contributed by atoms with Gasteiger partial charge in [0.15, 0.2) is 23.0 Å². The lowest BCUT2D eigenvalue weighted by atomic mass is 10.0. The third-order valence-electron chi connectivity index (χ3n) is 2.62. The number of carbonyl (C=O) groups excluding carboxylic acids is 1. The molecule has 0 aliphatic carbocycles. The first-order valence-electron chi connectivity index (χ1n) is 5.73. The topological polar surface area (TPSA) is 44.8 Å². The van der Waals surface area contributed by atoms with Gasteiger partial charge in [0.2, 0.25) is 0 Å². The van der Waals surface area contributed by atoms with Gasteiger partial charge >= 0.3 is 0 Å². The lowest BCUT2D eigenvalue weighted by Crippen LogP contribution is -2.07. The van der Waals surface area contributed by atoms with Crippen LogP contribution in [0.4, 0.5) is 0 Å². The highest BCUT2D eigenvalue weighted by molar-refractivity contribution is 6.40. The molecule has 0 bridgehead atoms. The quantitative estimate of drug-likeness (QED) is 0.745. The first-order valence-corrected chi connectivity index (χ1v) is 6.49. The van der Waals surface area contributed by atoms with Crippen molar-refractivity contribution in [3.8, 4) is 17.2 Å². The molecular formula is C13H16Cl2O4. The molecule has 0 saturated carbocycles. The molecule has 0 N–H and O–H groups in total. The maximum absolute atomic E-state index is 12.2. The van der Waals surface area contributed by atoms with E-state index in [2.05, 4.69) is 0 Å². The van der Waals surface area contributed by atoms with Crippen LogP contribution < -0.4 is 14.2 Å². The van der Waals surface area contributed by atoms with E-state index in [1.165, 1.54) is 21.3 Å². The summed E-state index contributed by atoms with van der Waals surface area (Å²) in [6.07, 6.45) is 1.05. The number of halogens is 2. The number of rotatable bonds is 6. The highest BCUT2D eigenvalue weighted by Gasteiger charge is 2.28. The SMILES string of the molecule is CCCC(=O)c1c(OC)c(Cl)c(OC)c(Cl)c1OC. The predicted octanol–water partition coefficient (Wildman–Crippen LogP) is 4.00. The summed E-state index contributed by atoms with van der Waals surface area (Å²) in [5.74, 6) is 0.532. The Morgan fingerprint density at radius 1 is 0.947 bits per heavy atom. The molecule has 0 aliphatic rings. The summed E-state index contributed by atoms with van der Waals surface area (Å²) in [6, 6.07) is 0. The molecule has 0 unspecified atom stereocenters. The third-order valence-corrected chi connectivity index (χ3v) is 3.31. The van der Waals surface area contributed by atoms with Crippen LogP contribution in [0, 0.1) is 0 Å². The Hall–Kier alpha value is -1.13. The average Bonchev–Trinajstić information content (AvgIpc) is 2.39. The monoisotopic (exact) mass is 306 g/mol. The number of benzene rings is 1. The molecule has 1 rings (SSSR count). The minimum atomic E-state index is -0.136. The minimum Gasteiger partial charge on any atom is -0.494 e. The molecule has 0 heterocycles. The molecular weight excluding hydrogens is 291 g/mol. The highest BCUT2D eigenvalue weighted by atomic mass is 35.5. The smallest absolute Gasteiger partial charge is 0.170 e. The molecule has 1 aromatic carbocycles. The standard InChI is InChI=1S/C13H16Cl2O4/c1-5-6-7(16)8-11(17-2)9(14)13(19-4)10(15)12(8)18-3/h5-6H2,1-4H3. The van der Waals surface area contributed by atoms with E-state index in [1.807, 2.05) is 6.92 Å². The average molecular weight is 307 g/mol. The van der Waals surface area contributed by atoms with Crippen LogP contribution >= 0.6 is 23.2 Å². The maximum Gasteiger partial charge on any atom is 0.170 e. The Morgan fingerprint density at radius 2 is 1.37 bits per heavy atom. The summed E-state index contributed by atoms with van der Waals surface area (Å²) in [5, 5.41) is 0.325. The summed E-state index contributed by atoms with van der Waals surface area (Å²) in [5.41, 5.74) is 0.252. The molecule has 0 aromatic heterocycles. The van der Waals surface area contributed by atoms with Gasteiger partial charge in [-0.3, -0.25) is 4.79 Å². The fraction of sp³-hybridized carbons (Fsp3) is 0.462. The molecule has 0 spiro atoms. The Morgan fingerprint density at radius 3 is 1.68 bits per heavy atom. The second kappa shape index (κ2) is 6.87. The molecule has 0 amide bonds. The van der Waals surface area contributed by atoms with Crippen molar-refractivity contribution >= 4 is 29.0 Å². The van der Waals surface area contributed by atoms with Gasteiger partial charge < -0.3 is 14.2 Å². The lowest BCUT2D eigenvalue weighted by Gasteiger charge is -2.18. The van der Waals surface area contributed by atoms with Crippen molar-refractivity contribution in [2.45, 2.75) is 19.8 Å². The van der Waals surface area contributed by atoms with E-state index in [0.29, 0.717) is 12.8 Å². The van der Waals surface area contributed by atoms with E-state index in [9.17, 15) is 4.79 Å². The fourth-order valence-corrected chi connectivity index (χ4v) is 2.53. The van der Waals surface area contributed by atoms with Crippen LogP contribution in [-0.2, 0) is 0 Å². The van der Waals surface area contributed by atoms with Gasteiger partial charge in [-0.2, -0.15) is 0 Å². The molecule has 0 saturated heterocycles. The number of ether oxygens (including phenoxy) is 3. The van der Waals surface area contributed by atoms with Crippen LogP contribution in [0.15, 0.2) is 0 Å². The maximum atomic E-state index is 12.2. The van der Waals surface area contributed by atoms with E-state index in [-0.39, 0.29) is 38.6 Å². The number of hydrogen-bond acceptors (Lipinski definition) is 4. The van der Waals surface area contributed by atoms with Crippen molar-refractivity contribution in [1.82, 2.24) is 0 Å². The fourth-order valence-electron chi connectivity index (χ4n) is 1.79. The van der Waals surface area contributed by atoms with Gasteiger partial charge in [0.05, 0.1) is 21.3 Å². The largest absolute Gasteiger partial charge is 0.494 e. The van der Waals surface area contributed by atoms with Crippen LogP contribution in [0.5, 0.6) is 17.2 Å². The first kappa shape index (κ1) is 15.9. The van der Waals surface area contributed by atoms with E-state index in [0.717, 1.165) is 0 Å². The van der Waals surface area contributed by atoms with Gasteiger partial charge in [-0.25, -0.2) is 0 Å². The predicted molar refractivity (Wildman–Crippen MR) is 75.4 cm³/mol. The summed E-state index contributed by atoms with van der Waals surface area (Å²) in [6.45, 7) is 1.91. The Labute approximate surface area is 122 Å². The second-order valence-electron chi connectivity index (χ2n) is 3.78. The van der Waals surface area contributed by atoms with Crippen molar-refractivity contribution in [3.05, 3.63) is 15.6 Å². The van der Waals surface area contributed by atoms with Gasteiger partial charge in [0.1, 0.15) is 15.6 Å². The van der Waals surface area contributed by atoms with Crippen molar-refractivity contribution in [2.24, 2.45) is 0 Å². The van der Waals surface area contributed by atoms with Crippen LogP contribution in [-0.4, -0.2) is 27.1 Å². The van der Waals surface area contributed by atoms with Gasteiger partial charge in [0, 0.05) is 6.42 Å². The van der Waals surface area contributed by atoms with Gasteiger partial charge in [-0.05, 0) is 6.42 Å². The van der Waals surface area contributed by atoms with Gasteiger partial charge in [-0.1, -0.05) is 30.1 Å². The van der Waals surface area contributed by atoms with Crippen LogP contribution in [0.25, 0.3) is 0 Å². The van der Waals surface area contributed by atoms with Crippen LogP contribution in [0.3, 0.4) is 0 Å². The van der Waals surface area contributed by atoms with Crippen molar-refractivity contribution in [1.29, 1.82) is 0 Å². The summed E-state index contributed by atoms with van der Waals surface area (Å²) in [7, 11) is 4.28. The molecule has 0 radical (unpaired) electrons. The van der Waals surface area contributed by atoms with Crippen molar-refractivity contribution in [2.75, 3.05) is 21.3 Å². The molecule has 0 fully saturated rings. The zero-order valence-electron chi connectivity index (χ0n) is 11.3. The molecule has 19 heavy (non-hydrogen) atoms. The number of carbonyl (C=O) groups is 1. The number of ketones is 1. The third kappa shape index (κ3) is 2.90. The molecule has 4 nitrogen and oxygen atoms in total. The number of hydrogen-bond donors (Lipinski definition) is 0. The lowest BCUT2D eigenvalue weighted by molar-refractivity contribution is 0.0975. The van der Waals surface area contributed by atoms with E-state index < -0.39 is 0 Å². The number of methoxy groups -OCH3 is 3. The Kier molecular flexibility index (Phi) is 5.76. The van der Waals surface area contributed by atoms with Gasteiger partial charge in [-0.15, -0.1) is 0 Å². The zero-order chi connectivity index (χ0) is 14.6. The molecule has 0 aliphatic heterocycles. The second-order valence-corrected chi connectivity index (χ2v) is 4.53. The van der Waals surface area contributed by atoms with Crippen LogP contribution in [0.2, 0.25) is 10.0 Å².